The minimum Gasteiger partial charge on any atom is -0.325 e. The lowest BCUT2D eigenvalue weighted by Crippen LogP contribution is -2.23. The minimum atomic E-state index is -0.945. The van der Waals surface area contributed by atoms with Gasteiger partial charge in [-0.15, -0.1) is 10.2 Å². The first-order chi connectivity index (χ1) is 12.4. The number of hydrogen-bond acceptors (Lipinski definition) is 6. The summed E-state index contributed by atoms with van der Waals surface area (Å²) in [6, 6.07) is 3.25. The number of rotatable bonds is 7. The number of carbonyl (C=O) groups is 1. The molecular weight excluding hydrogens is 361 g/mol. The van der Waals surface area contributed by atoms with Crippen molar-refractivity contribution in [1.82, 2.24) is 14.8 Å². The fraction of sp³-hybridized carbons (Fsp3) is 0.438. The van der Waals surface area contributed by atoms with Crippen molar-refractivity contribution in [2.45, 2.75) is 49.6 Å². The van der Waals surface area contributed by atoms with Gasteiger partial charge in [0.1, 0.15) is 5.82 Å². The van der Waals surface area contributed by atoms with E-state index in [0.717, 1.165) is 37.3 Å². The van der Waals surface area contributed by atoms with Crippen LogP contribution in [0.2, 0.25) is 0 Å². The maximum atomic E-state index is 13.4. The van der Waals surface area contributed by atoms with Gasteiger partial charge < -0.3 is 9.88 Å². The van der Waals surface area contributed by atoms with E-state index in [9.17, 15) is 19.3 Å². The second-order valence-corrected chi connectivity index (χ2v) is 7.34. The fourth-order valence-electron chi connectivity index (χ4n) is 2.51. The Morgan fingerprint density at radius 1 is 1.50 bits per heavy atom. The number of benzene rings is 1. The van der Waals surface area contributed by atoms with Crippen LogP contribution in [-0.2, 0) is 11.3 Å². The van der Waals surface area contributed by atoms with Crippen molar-refractivity contribution in [2.75, 3.05) is 5.32 Å². The topological polar surface area (TPSA) is 103 Å². The maximum Gasteiger partial charge on any atom is 0.306 e. The zero-order valence-corrected chi connectivity index (χ0v) is 15.1. The molecule has 1 aromatic carbocycles. The largest absolute Gasteiger partial charge is 0.325 e. The SMILES string of the molecule is CCn1c(SC(C)C(=O)Nc2ccc(F)c([N+](=O)[O-])c2)nnc1C1CC1. The number of nitro groups is 1. The molecule has 1 unspecified atom stereocenters. The van der Waals surface area contributed by atoms with Crippen LogP contribution in [0.15, 0.2) is 23.4 Å². The van der Waals surface area contributed by atoms with Gasteiger partial charge in [-0.1, -0.05) is 11.8 Å². The number of nitro benzene ring substituents is 1. The van der Waals surface area contributed by atoms with Gasteiger partial charge in [0.15, 0.2) is 5.16 Å². The van der Waals surface area contributed by atoms with E-state index in [1.54, 1.807) is 6.92 Å². The summed E-state index contributed by atoms with van der Waals surface area (Å²) in [4.78, 5) is 22.4. The highest BCUT2D eigenvalue weighted by molar-refractivity contribution is 8.00. The van der Waals surface area contributed by atoms with Crippen LogP contribution in [-0.4, -0.2) is 30.8 Å². The predicted molar refractivity (Wildman–Crippen MR) is 94.7 cm³/mol. The molecule has 1 aliphatic rings. The first-order valence-corrected chi connectivity index (χ1v) is 9.13. The molecule has 8 nitrogen and oxygen atoms in total. The number of aromatic nitrogens is 3. The van der Waals surface area contributed by atoms with Gasteiger partial charge in [0, 0.05) is 24.2 Å². The van der Waals surface area contributed by atoms with E-state index in [-0.39, 0.29) is 11.6 Å². The van der Waals surface area contributed by atoms with Crippen molar-refractivity contribution >= 4 is 29.0 Å². The highest BCUT2D eigenvalue weighted by Crippen LogP contribution is 2.40. The van der Waals surface area contributed by atoms with Crippen molar-refractivity contribution < 1.29 is 14.1 Å². The lowest BCUT2D eigenvalue weighted by molar-refractivity contribution is -0.387. The van der Waals surface area contributed by atoms with Crippen LogP contribution in [0.1, 0.15) is 38.4 Å². The van der Waals surface area contributed by atoms with Gasteiger partial charge in [-0.3, -0.25) is 14.9 Å². The second-order valence-electron chi connectivity index (χ2n) is 6.03. The number of anilines is 1. The summed E-state index contributed by atoms with van der Waals surface area (Å²) >= 11 is 1.27. The summed E-state index contributed by atoms with van der Waals surface area (Å²) in [5, 5.41) is 22.0. The van der Waals surface area contributed by atoms with E-state index in [1.807, 2.05) is 11.5 Å². The number of amides is 1. The average molecular weight is 379 g/mol. The van der Waals surface area contributed by atoms with Gasteiger partial charge >= 0.3 is 5.69 Å². The van der Waals surface area contributed by atoms with Crippen LogP contribution < -0.4 is 5.32 Å². The molecule has 0 saturated heterocycles. The van der Waals surface area contributed by atoms with Gasteiger partial charge in [0.2, 0.25) is 11.7 Å². The summed E-state index contributed by atoms with van der Waals surface area (Å²) in [6.45, 7) is 4.44. The molecule has 0 radical (unpaired) electrons. The van der Waals surface area contributed by atoms with Gasteiger partial charge in [-0.25, -0.2) is 0 Å². The fourth-order valence-corrected chi connectivity index (χ4v) is 3.43. The van der Waals surface area contributed by atoms with Crippen molar-refractivity contribution in [2.24, 2.45) is 0 Å². The van der Waals surface area contributed by atoms with Gasteiger partial charge in [-0.2, -0.15) is 4.39 Å². The molecule has 2 aromatic rings. The van der Waals surface area contributed by atoms with Crippen molar-refractivity contribution in [3.05, 3.63) is 40.0 Å². The maximum absolute atomic E-state index is 13.4. The lowest BCUT2D eigenvalue weighted by atomic mass is 10.2. The van der Waals surface area contributed by atoms with E-state index in [4.69, 9.17) is 0 Å². The highest BCUT2D eigenvalue weighted by Gasteiger charge is 2.30. The molecule has 0 aliphatic heterocycles. The Labute approximate surface area is 153 Å². The second kappa shape index (κ2) is 7.40. The Bertz CT molecular complexity index is 852. The molecule has 1 aromatic heterocycles. The molecule has 1 aliphatic carbocycles. The quantitative estimate of drug-likeness (QED) is 0.450. The number of nitrogens with zero attached hydrogens (tertiary/aromatic N) is 4. The molecule has 0 spiro atoms. The summed E-state index contributed by atoms with van der Waals surface area (Å²) in [5.41, 5.74) is -0.505. The Balaban J connectivity index is 1.69. The Kier molecular flexibility index (Phi) is 5.21. The number of thioether (sulfide) groups is 1. The molecule has 1 fully saturated rings. The zero-order valence-electron chi connectivity index (χ0n) is 14.3. The third-order valence-corrected chi connectivity index (χ3v) is 5.15. The number of hydrogen-bond donors (Lipinski definition) is 1. The molecule has 1 N–H and O–H groups in total. The van der Waals surface area contributed by atoms with E-state index >= 15 is 0 Å². The van der Waals surface area contributed by atoms with E-state index in [0.29, 0.717) is 11.1 Å². The van der Waals surface area contributed by atoms with Gasteiger partial charge in [0.05, 0.1) is 10.2 Å². The van der Waals surface area contributed by atoms with Crippen LogP contribution in [0.5, 0.6) is 0 Å². The molecule has 1 saturated carbocycles. The minimum absolute atomic E-state index is 0.172. The Morgan fingerprint density at radius 2 is 2.23 bits per heavy atom. The van der Waals surface area contributed by atoms with E-state index in [2.05, 4.69) is 15.5 Å². The first kappa shape index (κ1) is 18.3. The molecule has 1 heterocycles. The Morgan fingerprint density at radius 3 is 2.85 bits per heavy atom. The van der Waals surface area contributed by atoms with Crippen LogP contribution >= 0.6 is 11.8 Å². The monoisotopic (exact) mass is 379 g/mol. The number of nitrogens with one attached hydrogen (secondary N) is 1. The van der Waals surface area contributed by atoms with E-state index in [1.165, 1.54) is 17.8 Å². The third kappa shape index (κ3) is 3.85. The molecule has 138 valence electrons. The summed E-state index contributed by atoms with van der Waals surface area (Å²) < 4.78 is 15.4. The zero-order chi connectivity index (χ0) is 18.8. The summed E-state index contributed by atoms with van der Waals surface area (Å²) in [7, 11) is 0. The molecule has 3 rings (SSSR count). The van der Waals surface area contributed by atoms with Gasteiger partial charge in [0.25, 0.3) is 0 Å². The van der Waals surface area contributed by atoms with E-state index < -0.39 is 21.7 Å². The predicted octanol–water partition coefficient (Wildman–Crippen LogP) is 3.34. The summed E-state index contributed by atoms with van der Waals surface area (Å²) in [6.07, 6.45) is 2.23. The van der Waals surface area contributed by atoms with Crippen LogP contribution in [0.25, 0.3) is 0 Å². The highest BCUT2D eigenvalue weighted by atomic mass is 32.2. The van der Waals surface area contributed by atoms with Crippen molar-refractivity contribution in [3.8, 4) is 0 Å². The van der Waals surface area contributed by atoms with Crippen molar-refractivity contribution in [3.63, 3.8) is 0 Å². The third-order valence-electron chi connectivity index (χ3n) is 4.07. The molecule has 0 bridgehead atoms. The van der Waals surface area contributed by atoms with Crippen LogP contribution in [0.3, 0.4) is 0 Å². The smallest absolute Gasteiger partial charge is 0.306 e. The molecule has 10 heteroatoms. The molecule has 26 heavy (non-hydrogen) atoms. The van der Waals surface area contributed by atoms with Gasteiger partial charge in [-0.05, 0) is 38.8 Å². The van der Waals surface area contributed by atoms with Crippen LogP contribution in [0, 0.1) is 15.9 Å². The number of halogens is 1. The Hall–Kier alpha value is -2.49. The standard InChI is InChI=1S/C16H18FN5O3S/c1-3-21-14(10-4-5-10)19-20-16(21)26-9(2)15(23)18-11-6-7-12(17)13(8-11)22(24)25/h6-10H,3-5H2,1-2H3,(H,18,23). The van der Waals surface area contributed by atoms with Crippen LogP contribution in [0.4, 0.5) is 15.8 Å². The lowest BCUT2D eigenvalue weighted by Gasteiger charge is -2.12. The first-order valence-electron chi connectivity index (χ1n) is 8.25. The molecule has 1 amide bonds. The number of carbonyl (C=O) groups excluding carboxylic acids is 1. The normalized spacial score (nSPS) is 14.9. The summed E-state index contributed by atoms with van der Waals surface area (Å²) in [5.74, 6) is 0.117. The molecular formula is C16H18FN5O3S. The molecule has 1 atom stereocenters. The average Bonchev–Trinajstić information content (AvgIpc) is 3.37. The van der Waals surface area contributed by atoms with Crippen molar-refractivity contribution in [1.29, 1.82) is 0 Å².